The number of halogens is 1. The van der Waals surface area contributed by atoms with E-state index in [1.54, 1.807) is 28.9 Å². The molecule has 3 heterocycles. The van der Waals surface area contributed by atoms with E-state index in [9.17, 15) is 14.9 Å². The van der Waals surface area contributed by atoms with Gasteiger partial charge in [-0.05, 0) is 18.2 Å². The summed E-state index contributed by atoms with van der Waals surface area (Å²) in [4.78, 5) is 26.9. The van der Waals surface area contributed by atoms with E-state index in [1.165, 1.54) is 22.8 Å². The van der Waals surface area contributed by atoms with Crippen LogP contribution in [0.25, 0.3) is 16.7 Å². The lowest BCUT2D eigenvalue weighted by molar-refractivity contribution is -0.384. The van der Waals surface area contributed by atoms with Gasteiger partial charge < -0.3 is 8.82 Å². The first-order chi connectivity index (χ1) is 11.5. The van der Waals surface area contributed by atoms with Crippen molar-refractivity contribution in [2.45, 2.75) is 6.54 Å². The molecule has 9 heteroatoms. The third-order valence-electron chi connectivity index (χ3n) is 3.65. The summed E-state index contributed by atoms with van der Waals surface area (Å²) in [7, 11) is 0. The third kappa shape index (κ3) is 2.33. The highest BCUT2D eigenvalue weighted by molar-refractivity contribution is 6.30. The standard InChI is InChI=1S/C15H9ClN4O4/c16-9-1-4-14-17-10(7-18(14)6-9)8-19-12-5-11(20(22)23)2-3-13(12)24-15(19)21/h1-7H,8H2. The summed E-state index contributed by atoms with van der Waals surface area (Å²) in [6.45, 7) is 0.131. The number of hydrogen-bond acceptors (Lipinski definition) is 5. The highest BCUT2D eigenvalue weighted by atomic mass is 35.5. The minimum atomic E-state index is -0.597. The van der Waals surface area contributed by atoms with E-state index in [1.807, 2.05) is 0 Å². The number of hydrogen-bond donors (Lipinski definition) is 0. The minimum absolute atomic E-state index is 0.112. The van der Waals surface area contributed by atoms with Crippen molar-refractivity contribution in [2.75, 3.05) is 0 Å². The third-order valence-corrected chi connectivity index (χ3v) is 3.87. The SMILES string of the molecule is O=c1oc2ccc([N+](=O)[O-])cc2n1Cc1cn2cc(Cl)ccc2n1. The van der Waals surface area contributed by atoms with Crippen LogP contribution in [0.15, 0.2) is 51.9 Å². The molecular weight excluding hydrogens is 336 g/mol. The number of non-ortho nitro benzene ring substituents is 1. The molecule has 0 saturated carbocycles. The topological polar surface area (TPSA) is 95.6 Å². The molecule has 0 bridgehead atoms. The van der Waals surface area contributed by atoms with Crippen molar-refractivity contribution in [3.63, 3.8) is 0 Å². The molecule has 0 unspecified atom stereocenters. The van der Waals surface area contributed by atoms with Crippen LogP contribution in [-0.2, 0) is 6.54 Å². The average molecular weight is 345 g/mol. The van der Waals surface area contributed by atoms with Crippen molar-refractivity contribution in [3.8, 4) is 0 Å². The second kappa shape index (κ2) is 5.20. The van der Waals surface area contributed by atoms with Gasteiger partial charge in [0.1, 0.15) is 5.65 Å². The second-order valence-corrected chi connectivity index (χ2v) is 5.64. The maximum atomic E-state index is 12.1. The quantitative estimate of drug-likeness (QED) is 0.420. The van der Waals surface area contributed by atoms with Crippen molar-refractivity contribution >= 4 is 34.0 Å². The largest absolute Gasteiger partial charge is 0.420 e. The number of nitro groups is 1. The molecule has 0 spiro atoms. The van der Waals surface area contributed by atoms with Crippen LogP contribution in [0.4, 0.5) is 5.69 Å². The number of fused-ring (bicyclic) bond motifs is 2. The Bertz CT molecular complexity index is 1160. The van der Waals surface area contributed by atoms with Crippen molar-refractivity contribution < 1.29 is 9.34 Å². The number of aromatic nitrogens is 3. The number of rotatable bonds is 3. The zero-order valence-corrected chi connectivity index (χ0v) is 12.8. The monoisotopic (exact) mass is 344 g/mol. The molecule has 4 rings (SSSR count). The molecule has 0 N–H and O–H groups in total. The summed E-state index contributed by atoms with van der Waals surface area (Å²) in [5.41, 5.74) is 1.82. The first-order valence-corrected chi connectivity index (χ1v) is 7.30. The summed E-state index contributed by atoms with van der Waals surface area (Å²) in [5.74, 6) is -0.597. The van der Waals surface area contributed by atoms with E-state index in [4.69, 9.17) is 16.0 Å². The minimum Gasteiger partial charge on any atom is -0.408 e. The molecule has 0 amide bonds. The number of benzene rings is 1. The van der Waals surface area contributed by atoms with Crippen molar-refractivity contribution in [1.82, 2.24) is 14.0 Å². The van der Waals surface area contributed by atoms with Crippen LogP contribution in [0.5, 0.6) is 0 Å². The number of nitrogens with zero attached hydrogens (tertiary/aromatic N) is 4. The molecule has 0 aliphatic carbocycles. The zero-order valence-electron chi connectivity index (χ0n) is 12.0. The molecule has 1 aromatic carbocycles. The zero-order chi connectivity index (χ0) is 16.8. The van der Waals surface area contributed by atoms with Crippen molar-refractivity contribution in [3.05, 3.63) is 74.1 Å². The fraction of sp³-hybridized carbons (Fsp3) is 0.0667. The first-order valence-electron chi connectivity index (χ1n) is 6.92. The highest BCUT2D eigenvalue weighted by Crippen LogP contribution is 2.21. The van der Waals surface area contributed by atoms with Gasteiger partial charge in [-0.25, -0.2) is 9.78 Å². The molecule has 0 aliphatic heterocycles. The maximum Gasteiger partial charge on any atom is 0.420 e. The van der Waals surface area contributed by atoms with Crippen LogP contribution in [0, 0.1) is 10.1 Å². The Kier molecular flexibility index (Phi) is 3.14. The molecular formula is C15H9ClN4O4. The van der Waals surface area contributed by atoms with E-state index in [0.717, 1.165) is 0 Å². The second-order valence-electron chi connectivity index (χ2n) is 5.21. The summed E-state index contributed by atoms with van der Waals surface area (Å²) >= 11 is 5.94. The van der Waals surface area contributed by atoms with Gasteiger partial charge in [0.25, 0.3) is 5.69 Å². The Labute approximate surface area is 138 Å². The molecule has 8 nitrogen and oxygen atoms in total. The number of oxazole rings is 1. The number of nitro benzene ring substituents is 1. The highest BCUT2D eigenvalue weighted by Gasteiger charge is 2.15. The first kappa shape index (κ1) is 14.5. The van der Waals surface area contributed by atoms with Crippen LogP contribution in [-0.4, -0.2) is 18.9 Å². The van der Waals surface area contributed by atoms with Crippen molar-refractivity contribution in [1.29, 1.82) is 0 Å². The molecule has 24 heavy (non-hydrogen) atoms. The number of pyridine rings is 1. The van der Waals surface area contributed by atoms with Gasteiger partial charge >= 0.3 is 5.76 Å². The Morgan fingerprint density at radius 2 is 2.08 bits per heavy atom. The number of imidazole rings is 1. The molecule has 0 aliphatic rings. The predicted octanol–water partition coefficient (Wildman–Crippen LogP) is 2.85. The Morgan fingerprint density at radius 1 is 1.25 bits per heavy atom. The van der Waals surface area contributed by atoms with E-state index in [0.29, 0.717) is 21.9 Å². The molecule has 0 fully saturated rings. The smallest absolute Gasteiger partial charge is 0.408 e. The lowest BCUT2D eigenvalue weighted by atomic mass is 10.3. The van der Waals surface area contributed by atoms with Crippen LogP contribution in [0.3, 0.4) is 0 Å². The summed E-state index contributed by atoms with van der Waals surface area (Å²) in [5, 5.41) is 11.5. The van der Waals surface area contributed by atoms with Crippen LogP contribution < -0.4 is 5.76 Å². The van der Waals surface area contributed by atoms with Gasteiger partial charge in [0.15, 0.2) is 5.58 Å². The predicted molar refractivity (Wildman–Crippen MR) is 86.4 cm³/mol. The summed E-state index contributed by atoms with van der Waals surface area (Å²) in [6, 6.07) is 7.49. The Morgan fingerprint density at radius 3 is 2.88 bits per heavy atom. The van der Waals surface area contributed by atoms with Crippen LogP contribution in [0.1, 0.15) is 5.69 Å². The van der Waals surface area contributed by atoms with Gasteiger partial charge in [-0.3, -0.25) is 14.7 Å². The molecule has 3 aromatic heterocycles. The maximum absolute atomic E-state index is 12.1. The Hall–Kier alpha value is -3.13. The van der Waals surface area contributed by atoms with E-state index in [-0.39, 0.29) is 17.8 Å². The van der Waals surface area contributed by atoms with E-state index in [2.05, 4.69) is 4.98 Å². The normalized spacial score (nSPS) is 11.4. The van der Waals surface area contributed by atoms with Crippen LogP contribution in [0.2, 0.25) is 5.02 Å². The van der Waals surface area contributed by atoms with Crippen molar-refractivity contribution in [2.24, 2.45) is 0 Å². The molecule has 120 valence electrons. The van der Waals surface area contributed by atoms with Gasteiger partial charge in [0.2, 0.25) is 0 Å². The van der Waals surface area contributed by atoms with Gasteiger partial charge in [0.05, 0.1) is 27.7 Å². The van der Waals surface area contributed by atoms with Gasteiger partial charge in [-0.2, -0.15) is 0 Å². The Balaban J connectivity index is 1.82. The van der Waals surface area contributed by atoms with E-state index < -0.39 is 10.7 Å². The molecule has 4 aromatic rings. The van der Waals surface area contributed by atoms with E-state index >= 15 is 0 Å². The fourth-order valence-electron chi connectivity index (χ4n) is 2.57. The lowest BCUT2D eigenvalue weighted by Crippen LogP contribution is -2.15. The average Bonchev–Trinajstić information content (AvgIpc) is 3.07. The summed E-state index contributed by atoms with van der Waals surface area (Å²) in [6.07, 6.45) is 3.44. The molecule has 0 saturated heterocycles. The lowest BCUT2D eigenvalue weighted by Gasteiger charge is -1.98. The van der Waals surface area contributed by atoms with Gasteiger partial charge in [0, 0.05) is 24.5 Å². The van der Waals surface area contributed by atoms with Crippen LogP contribution >= 0.6 is 11.6 Å². The molecule has 0 atom stereocenters. The summed E-state index contributed by atoms with van der Waals surface area (Å²) < 4.78 is 8.18. The fourth-order valence-corrected chi connectivity index (χ4v) is 2.74. The van der Waals surface area contributed by atoms with Gasteiger partial charge in [-0.1, -0.05) is 11.6 Å². The molecule has 0 radical (unpaired) electrons. The van der Waals surface area contributed by atoms with Gasteiger partial charge in [-0.15, -0.1) is 0 Å².